The van der Waals surface area contributed by atoms with Gasteiger partial charge in [0.1, 0.15) is 23.0 Å². The molecule has 6 aromatic carbocycles. The molecular formula is C46H32Cl6N4O4. The lowest BCUT2D eigenvalue weighted by Crippen LogP contribution is -2.43. The normalized spacial score (nSPS) is 15.2. The van der Waals surface area contributed by atoms with Gasteiger partial charge in [0.05, 0.1) is 71.4 Å². The molecule has 6 aromatic rings. The van der Waals surface area contributed by atoms with E-state index in [2.05, 4.69) is 0 Å². The maximum atomic E-state index is 7.29. The number of halogens is 6. The molecule has 0 saturated carbocycles. The van der Waals surface area contributed by atoms with Crippen LogP contribution in [0.3, 0.4) is 0 Å². The fourth-order valence-electron chi connectivity index (χ4n) is 7.34. The van der Waals surface area contributed by atoms with E-state index in [4.69, 9.17) is 109 Å². The third kappa shape index (κ3) is 7.09. The minimum absolute atomic E-state index is 0.323. The molecule has 0 unspecified atom stereocenters. The Labute approximate surface area is 376 Å². The number of rotatable bonds is 11. The van der Waals surface area contributed by atoms with E-state index in [1.807, 2.05) is 60.7 Å². The second-order valence-corrected chi connectivity index (χ2v) is 16.0. The summed E-state index contributed by atoms with van der Waals surface area (Å²) >= 11 is 43.0. The van der Waals surface area contributed by atoms with E-state index in [1.165, 1.54) is 0 Å². The highest BCUT2D eigenvalue weighted by Crippen LogP contribution is 2.57. The van der Waals surface area contributed by atoms with Crippen molar-refractivity contribution >= 4 is 92.5 Å². The molecule has 0 saturated heterocycles. The largest absolute Gasteiger partial charge is 0.497 e. The first-order valence-electron chi connectivity index (χ1n) is 18.2. The van der Waals surface area contributed by atoms with Crippen LogP contribution in [0.15, 0.2) is 141 Å². The number of methoxy groups -OCH3 is 4. The Morgan fingerprint density at radius 3 is 0.800 bits per heavy atom. The van der Waals surface area contributed by atoms with E-state index in [0.29, 0.717) is 109 Å². The average Bonchev–Trinajstić information content (AvgIpc) is 3.85. The Balaban J connectivity index is 1.58. The fourth-order valence-corrected chi connectivity index (χ4v) is 8.91. The topological polar surface area (TPSA) is 86.4 Å². The Kier molecular flexibility index (Phi) is 11.6. The molecular weight excluding hydrogens is 885 g/mol. The van der Waals surface area contributed by atoms with Crippen molar-refractivity contribution in [3.05, 3.63) is 185 Å². The second kappa shape index (κ2) is 16.8. The van der Waals surface area contributed by atoms with Gasteiger partial charge in [0.2, 0.25) is 11.3 Å². The van der Waals surface area contributed by atoms with Crippen LogP contribution in [0.4, 0.5) is 0 Å². The molecule has 8 rings (SSSR count). The molecule has 0 atom stereocenters. The van der Waals surface area contributed by atoms with Crippen molar-refractivity contribution in [3.63, 3.8) is 0 Å². The van der Waals surface area contributed by atoms with Gasteiger partial charge in [-0.25, -0.2) is 20.0 Å². The molecule has 0 amide bonds. The molecule has 0 aliphatic carbocycles. The van der Waals surface area contributed by atoms with Gasteiger partial charge in [0, 0.05) is 43.4 Å². The average molecular weight is 918 g/mol. The molecule has 14 heteroatoms. The summed E-state index contributed by atoms with van der Waals surface area (Å²) in [5.74, 6) is 2.17. The molecule has 8 nitrogen and oxygen atoms in total. The summed E-state index contributed by atoms with van der Waals surface area (Å²) in [6.07, 6.45) is 0. The summed E-state index contributed by atoms with van der Waals surface area (Å²) in [5, 5.41) is 1.99. The maximum Gasteiger partial charge on any atom is 0.227 e. The molecule has 0 radical (unpaired) electrons. The molecule has 60 heavy (non-hydrogen) atoms. The Hall–Kier alpha value is -5.06. The van der Waals surface area contributed by atoms with Crippen molar-refractivity contribution < 1.29 is 18.9 Å². The first-order chi connectivity index (χ1) is 29.0. The predicted molar refractivity (Wildman–Crippen MR) is 244 cm³/mol. The second-order valence-electron chi connectivity index (χ2n) is 13.5. The Morgan fingerprint density at radius 1 is 0.333 bits per heavy atom. The van der Waals surface area contributed by atoms with Crippen LogP contribution in [0, 0.1) is 0 Å². The molecule has 0 spiro atoms. The van der Waals surface area contributed by atoms with Crippen LogP contribution in [0.2, 0.25) is 30.1 Å². The molecule has 0 bridgehead atoms. The quantitative estimate of drug-likeness (QED) is 0.130. The number of hydrogen-bond donors (Lipinski definition) is 0. The third-order valence-corrected chi connectivity index (χ3v) is 12.2. The summed E-state index contributed by atoms with van der Waals surface area (Å²) in [5.41, 5.74) is 0.727. The summed E-state index contributed by atoms with van der Waals surface area (Å²) in [6.45, 7) is 0. The van der Waals surface area contributed by atoms with Crippen LogP contribution < -0.4 is 18.9 Å². The molecule has 0 fully saturated rings. The summed E-state index contributed by atoms with van der Waals surface area (Å²) in [6, 6.07) is 35.7. The van der Waals surface area contributed by atoms with Crippen LogP contribution in [-0.2, 0) is 11.3 Å². The van der Waals surface area contributed by atoms with Gasteiger partial charge >= 0.3 is 0 Å². The summed E-state index contributed by atoms with van der Waals surface area (Å²) in [7, 11) is 6.25. The predicted octanol–water partition coefficient (Wildman–Crippen LogP) is 12.6. The lowest BCUT2D eigenvalue weighted by molar-refractivity contribution is 0.257. The third-order valence-electron chi connectivity index (χ3n) is 10.3. The molecule has 0 aromatic heterocycles. The smallest absolute Gasteiger partial charge is 0.227 e. The van der Waals surface area contributed by atoms with Crippen molar-refractivity contribution in [2.75, 3.05) is 28.4 Å². The lowest BCUT2D eigenvalue weighted by atomic mass is 9.82. The van der Waals surface area contributed by atoms with Crippen LogP contribution in [0.1, 0.15) is 33.4 Å². The summed E-state index contributed by atoms with van der Waals surface area (Å²) in [4.78, 5) is 22.6. The Bertz CT molecular complexity index is 2490. The van der Waals surface area contributed by atoms with E-state index in [1.54, 1.807) is 89.1 Å². The highest BCUT2D eigenvalue weighted by atomic mass is 35.5. The number of hydrogen-bond acceptors (Lipinski definition) is 8. The number of nitrogens with zero attached hydrogens (tertiary/aromatic N) is 4. The highest BCUT2D eigenvalue weighted by molar-refractivity contribution is 6.60. The van der Waals surface area contributed by atoms with E-state index in [9.17, 15) is 0 Å². The van der Waals surface area contributed by atoms with Crippen molar-refractivity contribution in [3.8, 4) is 23.0 Å². The van der Waals surface area contributed by atoms with Crippen molar-refractivity contribution in [2.24, 2.45) is 20.0 Å². The molecule has 2 aliphatic rings. The lowest BCUT2D eigenvalue weighted by Gasteiger charge is -2.39. The number of benzene rings is 6. The minimum Gasteiger partial charge on any atom is -0.497 e. The standard InChI is InChI=1S/C46H32Cl6N4O4/c1-57-25-13-17-29(37(49)21-25)41-42(30-18-14-26(58-2)22-38(30)50)54-45(53-41,33-9-5-7-11-35(33)47)46(34-10-6-8-12-36(34)48)55-43(31-19-15-27(59-3)23-39(31)51)44(56-46)32-20-16-28(60-4)24-40(32)52/h5-24H,1-4H3. The van der Waals surface area contributed by atoms with Gasteiger partial charge in [-0.3, -0.25) is 0 Å². The van der Waals surface area contributed by atoms with Crippen LogP contribution in [-0.4, -0.2) is 51.3 Å². The Morgan fingerprint density at radius 2 is 0.583 bits per heavy atom. The van der Waals surface area contributed by atoms with Crippen LogP contribution in [0.25, 0.3) is 0 Å². The molecule has 2 heterocycles. The van der Waals surface area contributed by atoms with E-state index in [0.717, 1.165) is 0 Å². The SMILES string of the molecule is COc1ccc(C2=NC(c3ccccc3Cl)(C3(c4ccccc4Cl)N=C(c4ccc(OC)cc4Cl)C(c4ccc(OC)cc4Cl)=N3)N=C2c2ccc(OC)cc2Cl)c(Cl)c1. The number of aliphatic imine (C=N–C) groups is 4. The molecule has 2 aliphatic heterocycles. The minimum atomic E-state index is -1.86. The maximum absolute atomic E-state index is 7.29. The van der Waals surface area contributed by atoms with Crippen LogP contribution in [0.5, 0.6) is 23.0 Å². The monoisotopic (exact) mass is 914 g/mol. The van der Waals surface area contributed by atoms with Crippen LogP contribution >= 0.6 is 69.6 Å². The van der Waals surface area contributed by atoms with Gasteiger partial charge in [-0.05, 0) is 84.9 Å². The van der Waals surface area contributed by atoms with Gasteiger partial charge in [0.15, 0.2) is 0 Å². The van der Waals surface area contributed by atoms with E-state index >= 15 is 0 Å². The van der Waals surface area contributed by atoms with E-state index in [-0.39, 0.29) is 0 Å². The van der Waals surface area contributed by atoms with Crippen molar-refractivity contribution in [2.45, 2.75) is 11.3 Å². The fraction of sp³-hybridized carbons (Fsp3) is 0.130. The zero-order chi connectivity index (χ0) is 42.3. The zero-order valence-corrected chi connectivity index (χ0v) is 36.8. The van der Waals surface area contributed by atoms with Gasteiger partial charge in [-0.1, -0.05) is 106 Å². The first-order valence-corrected chi connectivity index (χ1v) is 20.5. The zero-order valence-electron chi connectivity index (χ0n) is 32.2. The first kappa shape index (κ1) is 41.7. The number of ether oxygens (including phenoxy) is 4. The molecule has 0 N–H and O–H groups in total. The van der Waals surface area contributed by atoms with Gasteiger partial charge < -0.3 is 18.9 Å². The van der Waals surface area contributed by atoms with E-state index < -0.39 is 11.3 Å². The van der Waals surface area contributed by atoms with Crippen molar-refractivity contribution in [1.82, 2.24) is 0 Å². The van der Waals surface area contributed by atoms with Crippen molar-refractivity contribution in [1.29, 1.82) is 0 Å². The summed E-state index contributed by atoms with van der Waals surface area (Å²) < 4.78 is 22.1. The highest BCUT2D eigenvalue weighted by Gasteiger charge is 2.62. The van der Waals surface area contributed by atoms with Gasteiger partial charge in [-0.2, -0.15) is 0 Å². The van der Waals surface area contributed by atoms with Gasteiger partial charge in [-0.15, -0.1) is 0 Å². The molecule has 302 valence electrons. The van der Waals surface area contributed by atoms with Gasteiger partial charge in [0.25, 0.3) is 0 Å².